The van der Waals surface area contributed by atoms with Gasteiger partial charge in [-0.2, -0.15) is 0 Å². The molecule has 0 aromatic heterocycles. The van der Waals surface area contributed by atoms with Crippen LogP contribution in [0.2, 0.25) is 0 Å². The second kappa shape index (κ2) is 4.24. The number of rotatable bonds is 3. The van der Waals surface area contributed by atoms with Gasteiger partial charge in [0.15, 0.2) is 0 Å². The Morgan fingerprint density at radius 1 is 1.43 bits per heavy atom. The molecule has 2 rings (SSSR count). The highest BCUT2D eigenvalue weighted by Crippen LogP contribution is 2.02. The predicted octanol–water partition coefficient (Wildman–Crippen LogP) is 0.665. The van der Waals surface area contributed by atoms with E-state index in [1.54, 1.807) is 0 Å². The van der Waals surface area contributed by atoms with Crippen LogP contribution in [-0.2, 0) is 11.3 Å². The zero-order chi connectivity index (χ0) is 9.80. The highest BCUT2D eigenvalue weighted by molar-refractivity contribution is 5.82. The first-order valence-electron chi connectivity index (χ1n) is 4.91. The van der Waals surface area contributed by atoms with E-state index in [1.807, 2.05) is 30.3 Å². The minimum absolute atomic E-state index is 0.0405. The molecule has 1 atom stereocenters. The number of nitrogens with one attached hydrogen (secondary N) is 2. The lowest BCUT2D eigenvalue weighted by Gasteiger charge is -2.26. The molecule has 0 unspecified atom stereocenters. The van der Waals surface area contributed by atoms with Crippen molar-refractivity contribution in [2.24, 2.45) is 0 Å². The molecule has 2 N–H and O–H groups in total. The molecule has 0 saturated carbocycles. The Balaban J connectivity index is 1.79. The molecule has 0 aliphatic carbocycles. The lowest BCUT2D eigenvalue weighted by atomic mass is 10.1. The fraction of sp³-hybridized carbons (Fsp3) is 0.364. The van der Waals surface area contributed by atoms with Crippen molar-refractivity contribution >= 4 is 5.91 Å². The van der Waals surface area contributed by atoms with Crippen LogP contribution in [0.3, 0.4) is 0 Å². The van der Waals surface area contributed by atoms with Crippen LogP contribution in [0.5, 0.6) is 0 Å². The van der Waals surface area contributed by atoms with Gasteiger partial charge < -0.3 is 10.6 Å². The molecule has 3 heteroatoms. The average Bonchev–Trinajstić information content (AvgIpc) is 2.14. The molecule has 3 nitrogen and oxygen atoms in total. The molecule has 1 saturated heterocycles. The highest BCUT2D eigenvalue weighted by atomic mass is 16.2. The fourth-order valence-corrected chi connectivity index (χ4v) is 1.42. The maximum absolute atomic E-state index is 11.4. The summed E-state index contributed by atoms with van der Waals surface area (Å²) in [5.74, 6) is 0.111. The van der Waals surface area contributed by atoms with Crippen LogP contribution in [0.1, 0.15) is 12.0 Å². The number of hydrogen-bond donors (Lipinski definition) is 2. The van der Waals surface area contributed by atoms with Crippen LogP contribution in [-0.4, -0.2) is 18.5 Å². The average molecular weight is 190 g/mol. The third kappa shape index (κ3) is 2.12. The van der Waals surface area contributed by atoms with Crippen molar-refractivity contribution in [2.45, 2.75) is 19.0 Å². The van der Waals surface area contributed by atoms with E-state index in [9.17, 15) is 4.79 Å². The summed E-state index contributed by atoms with van der Waals surface area (Å²) in [4.78, 5) is 11.4. The number of carbonyl (C=O) groups is 1. The molecular weight excluding hydrogens is 176 g/mol. The zero-order valence-electron chi connectivity index (χ0n) is 7.99. The van der Waals surface area contributed by atoms with Crippen LogP contribution in [0.25, 0.3) is 0 Å². The first-order chi connectivity index (χ1) is 6.86. The van der Waals surface area contributed by atoms with Crippen LogP contribution in [0.15, 0.2) is 30.3 Å². The van der Waals surface area contributed by atoms with Gasteiger partial charge in [-0.3, -0.25) is 4.79 Å². The quantitative estimate of drug-likeness (QED) is 0.735. The molecule has 1 aromatic carbocycles. The summed E-state index contributed by atoms with van der Waals surface area (Å²) in [5.41, 5.74) is 1.14. The largest absolute Gasteiger partial charge is 0.351 e. The summed E-state index contributed by atoms with van der Waals surface area (Å²) in [5, 5.41) is 5.97. The zero-order valence-corrected chi connectivity index (χ0v) is 7.99. The summed E-state index contributed by atoms with van der Waals surface area (Å²) in [6.45, 7) is 1.58. The van der Waals surface area contributed by atoms with Gasteiger partial charge in [0.05, 0.1) is 6.04 Å². The molecule has 1 aliphatic heterocycles. The van der Waals surface area contributed by atoms with Crippen molar-refractivity contribution in [1.29, 1.82) is 0 Å². The first-order valence-corrected chi connectivity index (χ1v) is 4.91. The van der Waals surface area contributed by atoms with E-state index in [4.69, 9.17) is 0 Å². The normalized spacial score (nSPS) is 19.9. The van der Waals surface area contributed by atoms with Crippen molar-refractivity contribution in [3.05, 3.63) is 35.9 Å². The van der Waals surface area contributed by atoms with Crippen molar-refractivity contribution in [1.82, 2.24) is 10.6 Å². The number of hydrogen-bond acceptors (Lipinski definition) is 2. The van der Waals surface area contributed by atoms with Gasteiger partial charge in [0.1, 0.15) is 0 Å². The molecule has 1 amide bonds. The number of carbonyl (C=O) groups excluding carboxylic acids is 1. The van der Waals surface area contributed by atoms with E-state index in [2.05, 4.69) is 10.6 Å². The lowest BCUT2D eigenvalue weighted by molar-refractivity contribution is -0.124. The van der Waals surface area contributed by atoms with Gasteiger partial charge in [-0.25, -0.2) is 0 Å². The molecule has 1 aromatic rings. The Kier molecular flexibility index (Phi) is 2.79. The van der Waals surface area contributed by atoms with Crippen LogP contribution in [0, 0.1) is 0 Å². The van der Waals surface area contributed by atoms with Crippen LogP contribution >= 0.6 is 0 Å². The van der Waals surface area contributed by atoms with Gasteiger partial charge in [0.2, 0.25) is 5.91 Å². The summed E-state index contributed by atoms with van der Waals surface area (Å²) < 4.78 is 0. The first kappa shape index (κ1) is 9.21. The van der Waals surface area contributed by atoms with E-state index >= 15 is 0 Å². The minimum atomic E-state index is 0.0405. The molecular formula is C11H14N2O. The monoisotopic (exact) mass is 190 g/mol. The highest BCUT2D eigenvalue weighted by Gasteiger charge is 2.23. The molecule has 0 spiro atoms. The Bertz CT molecular complexity index is 306. The van der Waals surface area contributed by atoms with Crippen LogP contribution < -0.4 is 10.6 Å². The molecule has 74 valence electrons. The fourth-order valence-electron chi connectivity index (χ4n) is 1.42. The third-order valence-electron chi connectivity index (χ3n) is 2.45. The summed E-state index contributed by atoms with van der Waals surface area (Å²) >= 11 is 0. The molecule has 14 heavy (non-hydrogen) atoms. The SMILES string of the molecule is O=C(NCc1ccccc1)[C@H]1CCN1. The van der Waals surface area contributed by atoms with Gasteiger partial charge >= 0.3 is 0 Å². The topological polar surface area (TPSA) is 41.1 Å². The maximum atomic E-state index is 11.4. The van der Waals surface area contributed by atoms with Crippen molar-refractivity contribution < 1.29 is 4.79 Å². The Morgan fingerprint density at radius 3 is 2.71 bits per heavy atom. The molecule has 1 aliphatic rings. The van der Waals surface area contributed by atoms with E-state index in [-0.39, 0.29) is 11.9 Å². The van der Waals surface area contributed by atoms with Crippen molar-refractivity contribution in [3.63, 3.8) is 0 Å². The third-order valence-corrected chi connectivity index (χ3v) is 2.45. The van der Waals surface area contributed by atoms with E-state index in [1.165, 1.54) is 0 Å². The molecule has 0 radical (unpaired) electrons. The number of benzene rings is 1. The van der Waals surface area contributed by atoms with Gasteiger partial charge in [0, 0.05) is 6.54 Å². The second-order valence-corrected chi connectivity index (χ2v) is 3.50. The Hall–Kier alpha value is -1.35. The smallest absolute Gasteiger partial charge is 0.237 e. The molecule has 0 bridgehead atoms. The minimum Gasteiger partial charge on any atom is -0.351 e. The summed E-state index contributed by atoms with van der Waals surface area (Å²) in [6.07, 6.45) is 0.959. The number of amides is 1. The molecule has 1 heterocycles. The maximum Gasteiger partial charge on any atom is 0.237 e. The second-order valence-electron chi connectivity index (χ2n) is 3.50. The van der Waals surface area contributed by atoms with Gasteiger partial charge in [0.25, 0.3) is 0 Å². The van der Waals surface area contributed by atoms with Crippen molar-refractivity contribution in [2.75, 3.05) is 6.54 Å². The van der Waals surface area contributed by atoms with E-state index < -0.39 is 0 Å². The standard InChI is InChI=1S/C11H14N2O/c14-11(10-6-7-12-10)13-8-9-4-2-1-3-5-9/h1-5,10,12H,6-8H2,(H,13,14)/t10-/m1/s1. The Labute approximate surface area is 83.5 Å². The van der Waals surface area contributed by atoms with Gasteiger partial charge in [-0.05, 0) is 18.5 Å². The van der Waals surface area contributed by atoms with Gasteiger partial charge in [-0.1, -0.05) is 30.3 Å². The van der Waals surface area contributed by atoms with Gasteiger partial charge in [-0.15, -0.1) is 0 Å². The predicted molar refractivity (Wildman–Crippen MR) is 54.7 cm³/mol. The van der Waals surface area contributed by atoms with E-state index in [0.717, 1.165) is 18.5 Å². The summed E-state index contributed by atoms with van der Waals surface area (Å²) in [7, 11) is 0. The van der Waals surface area contributed by atoms with Crippen LogP contribution in [0.4, 0.5) is 0 Å². The molecule has 1 fully saturated rings. The Morgan fingerprint density at radius 2 is 2.14 bits per heavy atom. The van der Waals surface area contributed by atoms with Crippen molar-refractivity contribution in [3.8, 4) is 0 Å². The summed E-state index contributed by atoms with van der Waals surface area (Å²) in [6, 6.07) is 9.98. The lowest BCUT2D eigenvalue weighted by Crippen LogP contribution is -2.52. The van der Waals surface area contributed by atoms with E-state index in [0.29, 0.717) is 6.54 Å².